The van der Waals surface area contributed by atoms with E-state index in [4.69, 9.17) is 24.8 Å². The minimum atomic E-state index is -0.197. The first-order valence-electron chi connectivity index (χ1n) is 13.7. The van der Waals surface area contributed by atoms with Crippen molar-refractivity contribution in [3.05, 3.63) is 29.3 Å². The third-order valence-corrected chi connectivity index (χ3v) is 8.40. The summed E-state index contributed by atoms with van der Waals surface area (Å²) in [6.07, 6.45) is 6.46. The zero-order valence-corrected chi connectivity index (χ0v) is 22.1. The summed E-state index contributed by atoms with van der Waals surface area (Å²) in [5.41, 5.74) is 9.23. The van der Waals surface area contributed by atoms with E-state index in [2.05, 4.69) is 23.5 Å². The van der Waals surface area contributed by atoms with Gasteiger partial charge < -0.3 is 35.2 Å². The lowest BCUT2D eigenvalue weighted by molar-refractivity contribution is -0.125. The molecule has 4 rings (SSSR count). The van der Waals surface area contributed by atoms with Gasteiger partial charge in [-0.3, -0.25) is 4.79 Å². The monoisotopic (exact) mass is 517 g/mol. The molecule has 0 aromatic heterocycles. The number of aryl methyl sites for hydroxylation is 1. The number of nitrogens with zero attached hydrogens (tertiary/aromatic N) is 1. The molecule has 1 aromatic carbocycles. The Balaban J connectivity index is 1.14. The molecule has 2 fully saturated rings. The van der Waals surface area contributed by atoms with E-state index in [1.807, 2.05) is 12.1 Å². The number of hydrogen-bond donors (Lipinski definition) is 3. The molecule has 206 valence electrons. The number of phenols is 1. The molecule has 0 bridgehead atoms. The second kappa shape index (κ2) is 13.6. The highest BCUT2D eigenvalue weighted by Gasteiger charge is 2.53. The first-order valence-corrected chi connectivity index (χ1v) is 13.7. The average molecular weight is 518 g/mol. The highest BCUT2D eigenvalue weighted by molar-refractivity contribution is 5.92. The van der Waals surface area contributed by atoms with E-state index in [9.17, 15) is 9.90 Å². The maximum absolute atomic E-state index is 12.1. The van der Waals surface area contributed by atoms with E-state index in [-0.39, 0.29) is 17.9 Å². The number of amides is 1. The number of benzene rings is 1. The number of aromatic hydroxyl groups is 1. The molecular weight excluding hydrogens is 474 g/mol. The van der Waals surface area contributed by atoms with Gasteiger partial charge in [0.15, 0.2) is 6.61 Å². The van der Waals surface area contributed by atoms with Crippen molar-refractivity contribution in [3.8, 4) is 5.75 Å². The summed E-state index contributed by atoms with van der Waals surface area (Å²) in [5, 5.41) is 17.2. The van der Waals surface area contributed by atoms with E-state index in [1.165, 1.54) is 11.1 Å². The minimum Gasteiger partial charge on any atom is -0.508 e. The molecule has 4 N–H and O–H groups in total. The topological polar surface area (TPSA) is 125 Å². The van der Waals surface area contributed by atoms with Gasteiger partial charge in [0.1, 0.15) is 5.75 Å². The van der Waals surface area contributed by atoms with Crippen molar-refractivity contribution in [2.24, 2.45) is 28.1 Å². The van der Waals surface area contributed by atoms with Gasteiger partial charge in [-0.2, -0.15) is 0 Å². The maximum Gasteiger partial charge on any atom is 0.260 e. The van der Waals surface area contributed by atoms with E-state index < -0.39 is 0 Å². The molecule has 0 saturated heterocycles. The molecule has 4 atom stereocenters. The Kier molecular flexibility index (Phi) is 10.2. The van der Waals surface area contributed by atoms with Crippen LogP contribution in [0.15, 0.2) is 23.4 Å². The average Bonchev–Trinajstić information content (AvgIpc) is 3.23. The zero-order chi connectivity index (χ0) is 26.1. The van der Waals surface area contributed by atoms with Crippen molar-refractivity contribution in [2.75, 3.05) is 59.3 Å². The lowest BCUT2D eigenvalue weighted by atomic mass is 9.55. The normalized spacial score (nSPS) is 27.4. The minimum absolute atomic E-state index is 0.0402. The SMILES string of the molecule is C[C@]12CCC3c4ccc(O)cc4CCC3C1CC/C2=N\OCC(=O)NCCOCCOCCOCCN. The van der Waals surface area contributed by atoms with Crippen LogP contribution in [0.2, 0.25) is 0 Å². The van der Waals surface area contributed by atoms with Crippen LogP contribution in [0, 0.1) is 17.3 Å². The van der Waals surface area contributed by atoms with Crippen LogP contribution < -0.4 is 11.1 Å². The van der Waals surface area contributed by atoms with Crippen LogP contribution in [0.25, 0.3) is 0 Å². The van der Waals surface area contributed by atoms with Crippen LogP contribution in [0.4, 0.5) is 0 Å². The van der Waals surface area contributed by atoms with Crippen LogP contribution >= 0.6 is 0 Å². The summed E-state index contributed by atoms with van der Waals surface area (Å²) in [6, 6.07) is 5.92. The number of nitrogens with one attached hydrogen (secondary N) is 1. The van der Waals surface area contributed by atoms with Crippen LogP contribution in [0.1, 0.15) is 56.1 Å². The fourth-order valence-electron chi connectivity index (χ4n) is 6.62. The summed E-state index contributed by atoms with van der Waals surface area (Å²) in [5.74, 6) is 1.97. The predicted octanol–water partition coefficient (Wildman–Crippen LogP) is 2.75. The summed E-state index contributed by atoms with van der Waals surface area (Å²) in [7, 11) is 0. The summed E-state index contributed by atoms with van der Waals surface area (Å²) in [6.45, 7) is 6.13. The van der Waals surface area contributed by atoms with Gasteiger partial charge in [0.2, 0.25) is 0 Å². The number of carbonyl (C=O) groups excluding carboxylic acids is 1. The van der Waals surface area contributed by atoms with Crippen molar-refractivity contribution in [1.82, 2.24) is 5.32 Å². The van der Waals surface area contributed by atoms with Gasteiger partial charge in [-0.15, -0.1) is 0 Å². The third kappa shape index (κ3) is 7.02. The number of ether oxygens (including phenoxy) is 3. The molecule has 9 heteroatoms. The van der Waals surface area contributed by atoms with E-state index in [1.54, 1.807) is 0 Å². The van der Waals surface area contributed by atoms with Crippen LogP contribution in [0.5, 0.6) is 5.75 Å². The molecule has 9 nitrogen and oxygen atoms in total. The van der Waals surface area contributed by atoms with E-state index in [0.29, 0.717) is 76.2 Å². The van der Waals surface area contributed by atoms with Crippen molar-refractivity contribution < 1.29 is 28.9 Å². The fraction of sp³-hybridized carbons (Fsp3) is 0.714. The van der Waals surface area contributed by atoms with Crippen LogP contribution in [-0.4, -0.2) is 76.1 Å². The standard InChI is InChI=1S/C28H43N3O6/c1-28-9-8-23-22-5-3-21(32)18-20(22)2-4-24(23)25(28)6-7-26(28)31-37-19-27(33)30-11-13-35-15-17-36-16-14-34-12-10-29/h3,5,18,23-25,32H,2,4,6-17,19,29H2,1H3,(H,30,33)/b31-26+/t23?,24?,25?,28-/m0/s1. The number of hydrogen-bond acceptors (Lipinski definition) is 8. The zero-order valence-electron chi connectivity index (χ0n) is 22.1. The predicted molar refractivity (Wildman–Crippen MR) is 141 cm³/mol. The van der Waals surface area contributed by atoms with Gasteiger partial charge in [-0.1, -0.05) is 18.1 Å². The Labute approximate surface area is 220 Å². The number of fused-ring (bicyclic) bond motifs is 5. The lowest BCUT2D eigenvalue weighted by Crippen LogP contribution is -2.42. The smallest absolute Gasteiger partial charge is 0.260 e. The van der Waals surface area contributed by atoms with Crippen molar-refractivity contribution >= 4 is 11.6 Å². The first-order chi connectivity index (χ1) is 18.0. The quantitative estimate of drug-likeness (QED) is 0.256. The van der Waals surface area contributed by atoms with Gasteiger partial charge in [0.25, 0.3) is 5.91 Å². The summed E-state index contributed by atoms with van der Waals surface area (Å²) in [4.78, 5) is 17.7. The maximum atomic E-state index is 12.1. The number of phenolic OH excluding ortho intramolecular Hbond substituents is 1. The molecule has 3 unspecified atom stereocenters. The Bertz CT molecular complexity index is 925. The molecule has 0 radical (unpaired) electrons. The third-order valence-electron chi connectivity index (χ3n) is 8.40. The van der Waals surface area contributed by atoms with Gasteiger partial charge in [0, 0.05) is 18.5 Å². The molecule has 0 spiro atoms. The second-order valence-corrected chi connectivity index (χ2v) is 10.6. The molecule has 1 amide bonds. The highest BCUT2D eigenvalue weighted by atomic mass is 16.6. The van der Waals surface area contributed by atoms with Crippen molar-refractivity contribution in [1.29, 1.82) is 0 Å². The number of nitrogens with two attached hydrogens (primary N) is 1. The Morgan fingerprint density at radius 1 is 1.08 bits per heavy atom. The first kappa shape index (κ1) is 27.8. The number of oxime groups is 1. The molecule has 2 saturated carbocycles. The van der Waals surface area contributed by atoms with Crippen molar-refractivity contribution in [3.63, 3.8) is 0 Å². The second-order valence-electron chi connectivity index (χ2n) is 10.6. The molecule has 0 aliphatic heterocycles. The highest BCUT2D eigenvalue weighted by Crippen LogP contribution is 2.60. The van der Waals surface area contributed by atoms with Gasteiger partial charge in [-0.05, 0) is 79.5 Å². The number of carbonyl (C=O) groups is 1. The van der Waals surface area contributed by atoms with Crippen molar-refractivity contribution in [2.45, 2.75) is 51.4 Å². The largest absolute Gasteiger partial charge is 0.508 e. The fourth-order valence-corrected chi connectivity index (χ4v) is 6.62. The van der Waals surface area contributed by atoms with Gasteiger partial charge >= 0.3 is 0 Å². The molecular formula is C28H43N3O6. The Morgan fingerprint density at radius 3 is 2.62 bits per heavy atom. The van der Waals surface area contributed by atoms with Crippen LogP contribution in [0.3, 0.4) is 0 Å². The Hall–Kier alpha value is -2.20. The van der Waals surface area contributed by atoms with Crippen LogP contribution in [-0.2, 0) is 30.3 Å². The van der Waals surface area contributed by atoms with Gasteiger partial charge in [0.05, 0.1) is 45.4 Å². The molecule has 3 aliphatic rings. The lowest BCUT2D eigenvalue weighted by Gasteiger charge is -2.49. The van der Waals surface area contributed by atoms with Gasteiger partial charge in [-0.25, -0.2) is 0 Å². The molecule has 37 heavy (non-hydrogen) atoms. The molecule has 3 aliphatic carbocycles. The van der Waals surface area contributed by atoms with E-state index in [0.717, 1.165) is 44.2 Å². The summed E-state index contributed by atoms with van der Waals surface area (Å²) < 4.78 is 16.1. The Morgan fingerprint density at radius 2 is 1.84 bits per heavy atom. The molecule has 0 heterocycles. The number of rotatable bonds is 14. The van der Waals surface area contributed by atoms with E-state index >= 15 is 0 Å². The molecule has 1 aromatic rings. The summed E-state index contributed by atoms with van der Waals surface area (Å²) >= 11 is 0.